The van der Waals surface area contributed by atoms with Crippen molar-refractivity contribution in [1.29, 1.82) is 0 Å². The summed E-state index contributed by atoms with van der Waals surface area (Å²) in [6.07, 6.45) is 3.57. The zero-order valence-corrected chi connectivity index (χ0v) is 13.5. The molecule has 2 atom stereocenters. The van der Waals surface area contributed by atoms with Gasteiger partial charge in [-0.1, -0.05) is 25.1 Å². The molecule has 0 saturated heterocycles. The van der Waals surface area contributed by atoms with Crippen molar-refractivity contribution in [2.45, 2.75) is 45.4 Å². The number of rotatable bonds is 1. The third-order valence-electron chi connectivity index (χ3n) is 5.74. The van der Waals surface area contributed by atoms with Crippen LogP contribution in [0.4, 0.5) is 0 Å². The highest BCUT2D eigenvalue weighted by Crippen LogP contribution is 2.54. The van der Waals surface area contributed by atoms with Crippen molar-refractivity contribution in [3.8, 4) is 5.75 Å². The van der Waals surface area contributed by atoms with Crippen molar-refractivity contribution in [3.63, 3.8) is 0 Å². The smallest absolute Gasteiger partial charge is 0.308 e. The monoisotopic (exact) mass is 308 g/mol. The van der Waals surface area contributed by atoms with Crippen LogP contribution in [0.2, 0.25) is 0 Å². The molecule has 0 aromatic heterocycles. The van der Waals surface area contributed by atoms with Crippen LogP contribution in [-0.2, 0) is 16.0 Å². The highest BCUT2D eigenvalue weighted by Gasteiger charge is 2.49. The van der Waals surface area contributed by atoms with E-state index in [0.29, 0.717) is 23.9 Å². The number of fused-ring (bicyclic) bond motifs is 5. The number of carbonyl (C=O) groups excluding carboxylic acids is 2. The molecule has 1 fully saturated rings. The van der Waals surface area contributed by atoms with E-state index in [1.165, 1.54) is 23.4 Å². The van der Waals surface area contributed by atoms with Gasteiger partial charge in [-0.3, -0.25) is 9.59 Å². The Morgan fingerprint density at radius 3 is 2.83 bits per heavy atom. The molecule has 1 saturated carbocycles. The molecule has 2 aromatic carbocycles. The maximum Gasteiger partial charge on any atom is 0.308 e. The van der Waals surface area contributed by atoms with Gasteiger partial charge in [-0.15, -0.1) is 0 Å². The first-order chi connectivity index (χ1) is 11.0. The van der Waals surface area contributed by atoms with Gasteiger partial charge in [-0.25, -0.2) is 0 Å². The second-order valence-electron chi connectivity index (χ2n) is 7.04. The molecule has 0 bridgehead atoms. The molecule has 4 rings (SSSR count). The fourth-order valence-electron chi connectivity index (χ4n) is 4.50. The zero-order chi connectivity index (χ0) is 16.2. The van der Waals surface area contributed by atoms with Gasteiger partial charge in [0.15, 0.2) is 0 Å². The first-order valence-corrected chi connectivity index (χ1v) is 8.26. The molecule has 0 aliphatic heterocycles. The number of benzene rings is 2. The second-order valence-corrected chi connectivity index (χ2v) is 7.04. The predicted molar refractivity (Wildman–Crippen MR) is 88.7 cm³/mol. The molecular weight excluding hydrogens is 288 g/mol. The maximum atomic E-state index is 12.3. The number of esters is 1. The Morgan fingerprint density at radius 2 is 2.04 bits per heavy atom. The Morgan fingerprint density at radius 1 is 1.22 bits per heavy atom. The molecular formula is C20H20O3. The number of ketones is 1. The molecule has 2 aliphatic rings. The minimum atomic E-state index is -0.303. The molecule has 3 nitrogen and oxygen atoms in total. The van der Waals surface area contributed by atoms with Crippen LogP contribution in [0.5, 0.6) is 5.75 Å². The molecule has 0 radical (unpaired) electrons. The van der Waals surface area contributed by atoms with E-state index in [2.05, 4.69) is 19.1 Å². The van der Waals surface area contributed by atoms with Crippen LogP contribution in [0.1, 0.15) is 50.2 Å². The van der Waals surface area contributed by atoms with Gasteiger partial charge < -0.3 is 4.74 Å². The molecule has 2 aliphatic carbocycles. The van der Waals surface area contributed by atoms with Gasteiger partial charge in [0.25, 0.3) is 0 Å². The summed E-state index contributed by atoms with van der Waals surface area (Å²) < 4.78 is 5.18. The molecule has 0 spiro atoms. The van der Waals surface area contributed by atoms with Crippen LogP contribution in [-0.4, -0.2) is 11.8 Å². The Balaban J connectivity index is 1.83. The lowest BCUT2D eigenvalue weighted by atomic mass is 9.66. The lowest BCUT2D eigenvalue weighted by molar-refractivity contribution is -0.132. The lowest BCUT2D eigenvalue weighted by Gasteiger charge is -2.37. The molecule has 23 heavy (non-hydrogen) atoms. The number of hydrogen-bond acceptors (Lipinski definition) is 3. The van der Waals surface area contributed by atoms with Gasteiger partial charge in [0.2, 0.25) is 0 Å². The van der Waals surface area contributed by atoms with Gasteiger partial charge in [-0.05, 0) is 59.2 Å². The molecule has 0 amide bonds. The number of hydrogen-bond donors (Lipinski definition) is 0. The van der Waals surface area contributed by atoms with E-state index in [9.17, 15) is 9.59 Å². The van der Waals surface area contributed by atoms with Crippen molar-refractivity contribution in [2.75, 3.05) is 0 Å². The SMILES string of the molecule is CC(=O)Oc1ccc2c3c(ccc2c1)C1CCC(=O)C1(C)CC3. The summed E-state index contributed by atoms with van der Waals surface area (Å²) in [7, 11) is 0. The fraction of sp³-hybridized carbons (Fsp3) is 0.400. The molecule has 0 heterocycles. The van der Waals surface area contributed by atoms with E-state index in [1.807, 2.05) is 18.2 Å². The number of Topliss-reactive ketones (excluding diaryl/α,β-unsaturated/α-hetero) is 1. The summed E-state index contributed by atoms with van der Waals surface area (Å²) in [6.45, 7) is 3.55. The van der Waals surface area contributed by atoms with Crippen molar-refractivity contribution in [3.05, 3.63) is 41.5 Å². The van der Waals surface area contributed by atoms with Crippen molar-refractivity contribution in [2.24, 2.45) is 5.41 Å². The number of carbonyl (C=O) groups is 2. The maximum absolute atomic E-state index is 12.3. The van der Waals surface area contributed by atoms with Gasteiger partial charge in [0.05, 0.1) is 0 Å². The second kappa shape index (κ2) is 4.92. The van der Waals surface area contributed by atoms with E-state index < -0.39 is 0 Å². The Kier molecular flexibility index (Phi) is 3.09. The van der Waals surface area contributed by atoms with Crippen LogP contribution >= 0.6 is 0 Å². The van der Waals surface area contributed by atoms with Crippen LogP contribution in [0.3, 0.4) is 0 Å². The highest BCUT2D eigenvalue weighted by atomic mass is 16.5. The first-order valence-electron chi connectivity index (χ1n) is 8.26. The lowest BCUT2D eigenvalue weighted by Crippen LogP contribution is -2.32. The third-order valence-corrected chi connectivity index (χ3v) is 5.74. The summed E-state index contributed by atoms with van der Waals surface area (Å²) in [5.74, 6) is 1.07. The van der Waals surface area contributed by atoms with Gasteiger partial charge in [-0.2, -0.15) is 0 Å². The largest absolute Gasteiger partial charge is 0.427 e. The molecule has 2 unspecified atom stereocenters. The minimum absolute atomic E-state index is 0.168. The van der Waals surface area contributed by atoms with E-state index in [1.54, 1.807) is 0 Å². The Bertz CT molecular complexity index is 836. The minimum Gasteiger partial charge on any atom is -0.427 e. The van der Waals surface area contributed by atoms with Crippen LogP contribution in [0.25, 0.3) is 10.8 Å². The van der Waals surface area contributed by atoms with Crippen molar-refractivity contribution < 1.29 is 14.3 Å². The van der Waals surface area contributed by atoms with E-state index in [-0.39, 0.29) is 11.4 Å². The molecule has 0 N–H and O–H groups in total. The third kappa shape index (κ3) is 2.10. The summed E-state index contributed by atoms with van der Waals surface area (Å²) in [5, 5.41) is 2.32. The van der Waals surface area contributed by atoms with E-state index in [4.69, 9.17) is 4.74 Å². The quantitative estimate of drug-likeness (QED) is 0.587. The zero-order valence-electron chi connectivity index (χ0n) is 13.5. The summed E-state index contributed by atoms with van der Waals surface area (Å²) >= 11 is 0. The van der Waals surface area contributed by atoms with Crippen LogP contribution in [0.15, 0.2) is 30.3 Å². The summed E-state index contributed by atoms with van der Waals surface area (Å²) in [5.41, 5.74) is 2.55. The van der Waals surface area contributed by atoms with Crippen molar-refractivity contribution >= 4 is 22.5 Å². The predicted octanol–water partition coefficient (Wildman–Crippen LogP) is 4.16. The van der Waals surface area contributed by atoms with E-state index in [0.717, 1.165) is 24.6 Å². The summed E-state index contributed by atoms with van der Waals surface area (Å²) in [6, 6.07) is 10.1. The number of aryl methyl sites for hydroxylation is 1. The average Bonchev–Trinajstić information content (AvgIpc) is 2.82. The van der Waals surface area contributed by atoms with Gasteiger partial charge >= 0.3 is 5.97 Å². The standard InChI is InChI=1S/C20H20O3/c1-12(21)23-14-4-6-15-13(11-14)3-5-17-16(15)9-10-20(2)18(17)7-8-19(20)22/h3-6,11,18H,7-10H2,1-2H3. The van der Waals surface area contributed by atoms with Crippen molar-refractivity contribution in [1.82, 2.24) is 0 Å². The fourth-order valence-corrected chi connectivity index (χ4v) is 4.50. The first kappa shape index (κ1) is 14.4. The number of ether oxygens (including phenoxy) is 1. The van der Waals surface area contributed by atoms with Crippen LogP contribution in [0, 0.1) is 5.41 Å². The topological polar surface area (TPSA) is 43.4 Å². The normalized spacial score (nSPS) is 26.0. The average molecular weight is 308 g/mol. The molecule has 2 aromatic rings. The van der Waals surface area contributed by atoms with Crippen LogP contribution < -0.4 is 4.74 Å². The van der Waals surface area contributed by atoms with Gasteiger partial charge in [0, 0.05) is 18.8 Å². The highest BCUT2D eigenvalue weighted by molar-refractivity contribution is 5.92. The molecule has 118 valence electrons. The van der Waals surface area contributed by atoms with Gasteiger partial charge in [0.1, 0.15) is 11.5 Å². The Hall–Kier alpha value is -2.16. The Labute approximate surface area is 135 Å². The summed E-state index contributed by atoms with van der Waals surface area (Å²) in [4.78, 5) is 23.4. The van der Waals surface area contributed by atoms with E-state index >= 15 is 0 Å². The molecule has 3 heteroatoms.